The Balaban J connectivity index is 1.35. The number of nitrogens with zero attached hydrogens (tertiary/aromatic N) is 5. The average Bonchev–Trinajstić information content (AvgIpc) is 3.31. The zero-order chi connectivity index (χ0) is 25.5. The summed E-state index contributed by atoms with van der Waals surface area (Å²) in [7, 11) is 0. The van der Waals surface area contributed by atoms with Crippen molar-refractivity contribution in [2.24, 2.45) is 0 Å². The zero-order valence-corrected chi connectivity index (χ0v) is 21.6. The van der Waals surface area contributed by atoms with Crippen LogP contribution >= 0.6 is 11.8 Å². The van der Waals surface area contributed by atoms with E-state index in [9.17, 15) is 9.59 Å². The SMILES string of the molecule is C=CCn1c(SCC(=O)N2CCN(c3ccccc3)CC2)nnc1[C@H](C)NC(=O)c1ccccc1C. The Hall–Kier alpha value is -3.59. The molecule has 1 atom stereocenters. The Bertz CT molecular complexity index is 1200. The Labute approximate surface area is 216 Å². The quantitative estimate of drug-likeness (QED) is 0.353. The molecule has 4 rings (SSSR count). The van der Waals surface area contributed by atoms with Crippen molar-refractivity contribution in [1.29, 1.82) is 0 Å². The van der Waals surface area contributed by atoms with Crippen LogP contribution in [0.4, 0.5) is 5.69 Å². The number of piperazine rings is 1. The van der Waals surface area contributed by atoms with E-state index < -0.39 is 0 Å². The summed E-state index contributed by atoms with van der Waals surface area (Å²) in [5, 5.41) is 12.3. The third kappa shape index (κ3) is 5.96. The van der Waals surface area contributed by atoms with Crippen molar-refractivity contribution >= 4 is 29.3 Å². The van der Waals surface area contributed by atoms with Gasteiger partial charge in [-0.2, -0.15) is 0 Å². The molecular formula is C27H32N6O2S. The molecule has 0 bridgehead atoms. The van der Waals surface area contributed by atoms with Gasteiger partial charge in [-0.25, -0.2) is 0 Å². The number of amides is 2. The molecule has 1 saturated heterocycles. The number of para-hydroxylation sites is 1. The number of carbonyl (C=O) groups is 2. The van der Waals surface area contributed by atoms with Crippen LogP contribution in [0.5, 0.6) is 0 Å². The van der Waals surface area contributed by atoms with E-state index in [1.54, 1.807) is 12.1 Å². The van der Waals surface area contributed by atoms with E-state index >= 15 is 0 Å². The van der Waals surface area contributed by atoms with Crippen molar-refractivity contribution in [3.63, 3.8) is 0 Å². The van der Waals surface area contributed by atoms with E-state index in [0.29, 0.717) is 36.2 Å². The molecule has 0 radical (unpaired) electrons. The zero-order valence-electron chi connectivity index (χ0n) is 20.8. The van der Waals surface area contributed by atoms with E-state index in [4.69, 9.17) is 0 Å². The van der Waals surface area contributed by atoms with Crippen molar-refractivity contribution < 1.29 is 9.59 Å². The van der Waals surface area contributed by atoms with E-state index in [1.165, 1.54) is 17.4 Å². The second-order valence-corrected chi connectivity index (χ2v) is 9.68. The van der Waals surface area contributed by atoms with E-state index in [-0.39, 0.29) is 23.6 Å². The number of benzene rings is 2. The van der Waals surface area contributed by atoms with Crippen molar-refractivity contribution in [2.45, 2.75) is 31.6 Å². The molecule has 1 aromatic heterocycles. The van der Waals surface area contributed by atoms with Gasteiger partial charge in [0.2, 0.25) is 5.91 Å². The number of carbonyl (C=O) groups excluding carboxylic acids is 2. The molecule has 0 aliphatic carbocycles. The maximum atomic E-state index is 12.9. The second kappa shape index (κ2) is 11.9. The Kier molecular flexibility index (Phi) is 8.43. The summed E-state index contributed by atoms with van der Waals surface area (Å²) in [5.74, 6) is 0.837. The minimum Gasteiger partial charge on any atom is -0.368 e. The molecule has 2 amide bonds. The van der Waals surface area contributed by atoms with Crippen LogP contribution in [0, 0.1) is 6.92 Å². The van der Waals surface area contributed by atoms with Gasteiger partial charge in [-0.1, -0.05) is 54.2 Å². The summed E-state index contributed by atoms with van der Waals surface area (Å²) < 4.78 is 1.90. The fraction of sp³-hybridized carbons (Fsp3) is 0.333. The molecule has 2 heterocycles. The van der Waals surface area contributed by atoms with Gasteiger partial charge in [-0.05, 0) is 37.6 Å². The molecule has 188 valence electrons. The number of aromatic nitrogens is 3. The van der Waals surface area contributed by atoms with Gasteiger partial charge in [-0.3, -0.25) is 9.59 Å². The number of thioether (sulfide) groups is 1. The van der Waals surface area contributed by atoms with Crippen LogP contribution in [0.15, 0.2) is 72.4 Å². The highest BCUT2D eigenvalue weighted by Gasteiger charge is 2.24. The number of nitrogens with one attached hydrogen (secondary N) is 1. The number of allylic oxidation sites excluding steroid dienone is 1. The lowest BCUT2D eigenvalue weighted by molar-refractivity contribution is -0.128. The molecular weight excluding hydrogens is 472 g/mol. The lowest BCUT2D eigenvalue weighted by Crippen LogP contribution is -2.49. The molecule has 1 aliphatic rings. The normalized spacial score (nSPS) is 14.4. The van der Waals surface area contributed by atoms with E-state index in [0.717, 1.165) is 18.7 Å². The molecule has 3 aromatic rings. The summed E-state index contributed by atoms with van der Waals surface area (Å²) >= 11 is 1.37. The van der Waals surface area contributed by atoms with Crippen molar-refractivity contribution in [3.8, 4) is 0 Å². The predicted octanol–water partition coefficient (Wildman–Crippen LogP) is 3.70. The third-order valence-corrected chi connectivity index (χ3v) is 7.21. The summed E-state index contributed by atoms with van der Waals surface area (Å²) in [6, 6.07) is 17.4. The van der Waals surface area contributed by atoms with Crippen molar-refractivity contribution in [1.82, 2.24) is 25.0 Å². The number of hydrogen-bond donors (Lipinski definition) is 1. The van der Waals surface area contributed by atoms with Crippen LogP contribution in [-0.2, 0) is 11.3 Å². The molecule has 36 heavy (non-hydrogen) atoms. The molecule has 2 aromatic carbocycles. The molecule has 8 nitrogen and oxygen atoms in total. The van der Waals surface area contributed by atoms with Gasteiger partial charge in [0, 0.05) is 44.0 Å². The molecule has 0 spiro atoms. The average molecular weight is 505 g/mol. The van der Waals surface area contributed by atoms with Gasteiger partial charge in [0.25, 0.3) is 5.91 Å². The number of rotatable bonds is 9. The monoisotopic (exact) mass is 504 g/mol. The van der Waals surface area contributed by atoms with Gasteiger partial charge in [0.1, 0.15) is 0 Å². The van der Waals surface area contributed by atoms with Crippen LogP contribution in [0.2, 0.25) is 0 Å². The Morgan fingerprint density at radius 1 is 1.06 bits per heavy atom. The predicted molar refractivity (Wildman–Crippen MR) is 143 cm³/mol. The van der Waals surface area contributed by atoms with E-state index in [2.05, 4.69) is 39.1 Å². The third-order valence-electron chi connectivity index (χ3n) is 6.26. The van der Waals surface area contributed by atoms with Gasteiger partial charge in [0.15, 0.2) is 11.0 Å². The number of anilines is 1. The van der Waals surface area contributed by atoms with Gasteiger partial charge in [-0.15, -0.1) is 16.8 Å². The minimum absolute atomic E-state index is 0.0864. The van der Waals surface area contributed by atoms with Gasteiger partial charge >= 0.3 is 0 Å². The first kappa shape index (κ1) is 25.5. The van der Waals surface area contributed by atoms with Crippen LogP contribution in [0.25, 0.3) is 0 Å². The summed E-state index contributed by atoms with van der Waals surface area (Å²) in [5.41, 5.74) is 2.73. The van der Waals surface area contributed by atoms with Gasteiger partial charge < -0.3 is 19.7 Å². The molecule has 1 N–H and O–H groups in total. The lowest BCUT2D eigenvalue weighted by Gasteiger charge is -2.36. The minimum atomic E-state index is -0.360. The number of aryl methyl sites for hydroxylation is 1. The topological polar surface area (TPSA) is 83.4 Å². The highest BCUT2D eigenvalue weighted by Crippen LogP contribution is 2.23. The molecule has 9 heteroatoms. The first-order chi connectivity index (χ1) is 17.5. The largest absolute Gasteiger partial charge is 0.368 e. The maximum absolute atomic E-state index is 12.9. The highest BCUT2D eigenvalue weighted by atomic mass is 32.2. The molecule has 0 saturated carbocycles. The first-order valence-corrected chi connectivity index (χ1v) is 13.1. The molecule has 1 aliphatic heterocycles. The maximum Gasteiger partial charge on any atom is 0.252 e. The van der Waals surface area contributed by atoms with Crippen LogP contribution < -0.4 is 10.2 Å². The van der Waals surface area contributed by atoms with Crippen LogP contribution in [0.3, 0.4) is 0 Å². The lowest BCUT2D eigenvalue weighted by atomic mass is 10.1. The van der Waals surface area contributed by atoms with E-state index in [1.807, 2.05) is 59.7 Å². The number of hydrogen-bond acceptors (Lipinski definition) is 6. The van der Waals surface area contributed by atoms with Crippen molar-refractivity contribution in [3.05, 3.63) is 84.2 Å². The Morgan fingerprint density at radius 3 is 2.44 bits per heavy atom. The summed E-state index contributed by atoms with van der Waals surface area (Å²) in [4.78, 5) is 29.9. The van der Waals surface area contributed by atoms with Crippen LogP contribution in [-0.4, -0.2) is 63.4 Å². The second-order valence-electron chi connectivity index (χ2n) is 8.74. The summed E-state index contributed by atoms with van der Waals surface area (Å²) in [6.07, 6.45) is 1.76. The first-order valence-electron chi connectivity index (χ1n) is 12.1. The fourth-order valence-electron chi connectivity index (χ4n) is 4.26. The Morgan fingerprint density at radius 2 is 1.75 bits per heavy atom. The molecule has 1 fully saturated rings. The smallest absolute Gasteiger partial charge is 0.252 e. The standard InChI is InChI=1S/C27H32N6O2S/c1-4-14-33-25(21(3)28-26(35)23-13-9-8-10-20(23)2)29-30-27(33)36-19-24(34)32-17-15-31(16-18-32)22-11-6-5-7-12-22/h4-13,21H,1,14-19H2,2-3H3,(H,28,35)/t21-/m0/s1. The summed E-state index contributed by atoms with van der Waals surface area (Å²) in [6.45, 7) is 11.1. The highest BCUT2D eigenvalue weighted by molar-refractivity contribution is 7.99. The van der Waals surface area contributed by atoms with Crippen LogP contribution in [0.1, 0.15) is 34.7 Å². The van der Waals surface area contributed by atoms with Crippen molar-refractivity contribution in [2.75, 3.05) is 36.8 Å². The van der Waals surface area contributed by atoms with Gasteiger partial charge in [0.05, 0.1) is 11.8 Å². The molecule has 0 unspecified atom stereocenters. The fourth-order valence-corrected chi connectivity index (χ4v) is 5.12.